The fourth-order valence-corrected chi connectivity index (χ4v) is 3.12. The number of Topliss-reactive ketones (excluding diaryl/α,β-unsaturated/α-hetero) is 1. The molecule has 7 heteroatoms. The topological polar surface area (TPSA) is 79.8 Å². The van der Waals surface area contributed by atoms with E-state index < -0.39 is 0 Å². The molecule has 118 valence electrons. The number of thioether (sulfide) groups is 1. The Morgan fingerprint density at radius 1 is 1.41 bits per heavy atom. The molecule has 0 saturated heterocycles. The van der Waals surface area contributed by atoms with Gasteiger partial charge < -0.3 is 14.9 Å². The van der Waals surface area contributed by atoms with Gasteiger partial charge in [-0.15, -0.1) is 0 Å². The summed E-state index contributed by atoms with van der Waals surface area (Å²) in [7, 11) is 1.93. The molecule has 0 aliphatic rings. The Morgan fingerprint density at radius 2 is 2.14 bits per heavy atom. The van der Waals surface area contributed by atoms with E-state index in [1.54, 1.807) is 31.8 Å². The predicted molar refractivity (Wildman–Crippen MR) is 86.5 cm³/mol. The maximum absolute atomic E-state index is 12.3. The molecule has 0 fully saturated rings. The molecule has 2 N–H and O–H groups in total. The van der Waals surface area contributed by atoms with Crippen LogP contribution in [0.5, 0.6) is 0 Å². The summed E-state index contributed by atoms with van der Waals surface area (Å²) in [4.78, 5) is 31.0. The molecule has 0 aliphatic carbocycles. The predicted octanol–water partition coefficient (Wildman–Crippen LogP) is 2.09. The molecule has 0 spiro atoms. The summed E-state index contributed by atoms with van der Waals surface area (Å²) in [5, 5.41) is 3.81. The van der Waals surface area contributed by atoms with Crippen molar-refractivity contribution in [2.45, 2.75) is 25.9 Å². The molecule has 1 amide bonds. The van der Waals surface area contributed by atoms with Crippen LogP contribution < -0.4 is 5.32 Å². The van der Waals surface area contributed by atoms with Crippen LogP contribution in [0.3, 0.4) is 0 Å². The molecular weight excluding hydrogens is 300 g/mol. The molecule has 0 aromatic carbocycles. The number of ketones is 1. The second-order valence-electron chi connectivity index (χ2n) is 5.11. The molecule has 2 aromatic heterocycles. The number of hydrogen-bond donors (Lipinski definition) is 2. The highest BCUT2D eigenvalue weighted by Gasteiger charge is 2.19. The fourth-order valence-electron chi connectivity index (χ4n) is 2.33. The number of nitrogens with zero attached hydrogens (tertiary/aromatic N) is 2. The van der Waals surface area contributed by atoms with Crippen molar-refractivity contribution in [2.75, 3.05) is 12.3 Å². The number of H-pyrrole nitrogens is 1. The van der Waals surface area contributed by atoms with Crippen molar-refractivity contribution in [1.82, 2.24) is 19.9 Å². The van der Waals surface area contributed by atoms with Crippen molar-refractivity contribution < 1.29 is 9.59 Å². The van der Waals surface area contributed by atoms with Crippen LogP contribution in [0.25, 0.3) is 0 Å². The third-order valence-electron chi connectivity index (χ3n) is 3.41. The van der Waals surface area contributed by atoms with E-state index in [9.17, 15) is 9.59 Å². The second-order valence-corrected chi connectivity index (χ2v) is 6.17. The van der Waals surface area contributed by atoms with Gasteiger partial charge in [0.15, 0.2) is 10.9 Å². The molecule has 0 bridgehead atoms. The van der Waals surface area contributed by atoms with Crippen molar-refractivity contribution in [1.29, 1.82) is 0 Å². The molecule has 22 heavy (non-hydrogen) atoms. The maximum atomic E-state index is 12.3. The van der Waals surface area contributed by atoms with Gasteiger partial charge in [0.2, 0.25) is 0 Å². The molecule has 0 atom stereocenters. The van der Waals surface area contributed by atoms with Crippen molar-refractivity contribution in [3.05, 3.63) is 34.9 Å². The van der Waals surface area contributed by atoms with Crippen molar-refractivity contribution in [3.8, 4) is 0 Å². The minimum Gasteiger partial charge on any atom is -0.355 e. The number of nitrogens with one attached hydrogen (secondary N) is 2. The third-order valence-corrected chi connectivity index (χ3v) is 4.47. The Hall–Kier alpha value is -2.02. The Kier molecular flexibility index (Phi) is 5.07. The van der Waals surface area contributed by atoms with Crippen LogP contribution in [0.4, 0.5) is 0 Å². The van der Waals surface area contributed by atoms with Crippen LogP contribution in [0, 0.1) is 13.8 Å². The summed E-state index contributed by atoms with van der Waals surface area (Å²) in [6.07, 6.45) is 3.63. The molecule has 0 unspecified atom stereocenters. The highest BCUT2D eigenvalue weighted by Crippen LogP contribution is 2.18. The zero-order valence-corrected chi connectivity index (χ0v) is 14.0. The third kappa shape index (κ3) is 3.41. The lowest BCUT2D eigenvalue weighted by Gasteiger charge is -2.06. The number of carbonyl (C=O) groups is 2. The van der Waals surface area contributed by atoms with Gasteiger partial charge in [-0.1, -0.05) is 11.8 Å². The number of amides is 1. The van der Waals surface area contributed by atoms with Crippen LogP contribution in [-0.4, -0.2) is 38.5 Å². The number of imidazole rings is 1. The summed E-state index contributed by atoms with van der Waals surface area (Å²) in [6, 6.07) is 0. The Labute approximate surface area is 133 Å². The molecule has 2 rings (SSSR count). The highest BCUT2D eigenvalue weighted by atomic mass is 32.2. The first-order chi connectivity index (χ1) is 10.4. The molecule has 0 aliphatic heterocycles. The summed E-state index contributed by atoms with van der Waals surface area (Å²) in [5.74, 6) is 0.516. The van der Waals surface area contributed by atoms with Crippen molar-refractivity contribution in [2.24, 2.45) is 7.05 Å². The highest BCUT2D eigenvalue weighted by molar-refractivity contribution is 7.99. The summed E-state index contributed by atoms with van der Waals surface area (Å²) < 4.78 is 1.94. The van der Waals surface area contributed by atoms with E-state index >= 15 is 0 Å². The number of rotatable bonds is 6. The van der Waals surface area contributed by atoms with Gasteiger partial charge in [0.25, 0.3) is 5.91 Å². The zero-order valence-electron chi connectivity index (χ0n) is 13.2. The number of aryl methyl sites for hydroxylation is 2. The average molecular weight is 320 g/mol. The largest absolute Gasteiger partial charge is 0.355 e. The van der Waals surface area contributed by atoms with Crippen LogP contribution in [0.2, 0.25) is 0 Å². The van der Waals surface area contributed by atoms with Gasteiger partial charge in [-0.05, 0) is 19.4 Å². The molecule has 2 heterocycles. The fraction of sp³-hybridized carbons (Fsp3) is 0.400. The second kappa shape index (κ2) is 6.83. The van der Waals surface area contributed by atoms with Crippen LogP contribution >= 0.6 is 11.8 Å². The summed E-state index contributed by atoms with van der Waals surface area (Å²) >= 11 is 1.58. The number of carbonyl (C=O) groups excluding carboxylic acids is 2. The first kappa shape index (κ1) is 16.4. The lowest BCUT2D eigenvalue weighted by atomic mass is 10.1. The zero-order chi connectivity index (χ0) is 16.3. The quantitative estimate of drug-likeness (QED) is 0.485. The minimum atomic E-state index is -0.154. The molecule has 2 aromatic rings. The Bertz CT molecular complexity index is 702. The summed E-state index contributed by atoms with van der Waals surface area (Å²) in [5.41, 5.74) is 2.49. The lowest BCUT2D eigenvalue weighted by molar-refractivity contribution is 0.0955. The van der Waals surface area contributed by atoms with Gasteiger partial charge in [-0.25, -0.2) is 4.98 Å². The molecule has 0 saturated carbocycles. The van der Waals surface area contributed by atoms with E-state index in [4.69, 9.17) is 0 Å². The molecule has 6 nitrogen and oxygen atoms in total. The van der Waals surface area contributed by atoms with E-state index in [1.807, 2.05) is 17.8 Å². The maximum Gasteiger partial charge on any atom is 0.253 e. The lowest BCUT2D eigenvalue weighted by Crippen LogP contribution is -2.26. The normalized spacial score (nSPS) is 10.7. The van der Waals surface area contributed by atoms with Gasteiger partial charge in [0, 0.05) is 44.4 Å². The molecular formula is C15H20N4O2S. The van der Waals surface area contributed by atoms with E-state index in [0.717, 1.165) is 16.6 Å². The van der Waals surface area contributed by atoms with Gasteiger partial charge in [0.05, 0.1) is 11.3 Å². The van der Waals surface area contributed by atoms with Gasteiger partial charge in [0.1, 0.15) is 0 Å². The Morgan fingerprint density at radius 3 is 2.68 bits per heavy atom. The van der Waals surface area contributed by atoms with Gasteiger partial charge in [-0.3, -0.25) is 9.59 Å². The van der Waals surface area contributed by atoms with Crippen LogP contribution in [0.1, 0.15) is 39.0 Å². The molecule has 0 radical (unpaired) electrons. The monoisotopic (exact) mass is 320 g/mol. The minimum absolute atomic E-state index is 0.0648. The number of aromatic amines is 1. The van der Waals surface area contributed by atoms with Crippen molar-refractivity contribution in [3.63, 3.8) is 0 Å². The smallest absolute Gasteiger partial charge is 0.253 e. The average Bonchev–Trinajstić information content (AvgIpc) is 2.98. The first-order valence-corrected chi connectivity index (χ1v) is 7.98. The number of aromatic nitrogens is 3. The van der Waals surface area contributed by atoms with Crippen LogP contribution in [-0.2, 0) is 7.05 Å². The van der Waals surface area contributed by atoms with Crippen LogP contribution in [0.15, 0.2) is 17.6 Å². The van der Waals surface area contributed by atoms with E-state index in [2.05, 4.69) is 15.3 Å². The van der Waals surface area contributed by atoms with E-state index in [1.165, 1.54) is 6.92 Å². The van der Waals surface area contributed by atoms with E-state index in [-0.39, 0.29) is 11.7 Å². The first-order valence-electron chi connectivity index (χ1n) is 7.00. The Balaban J connectivity index is 1.93. The number of hydrogen-bond acceptors (Lipinski definition) is 4. The standard InChI is InChI=1S/C15H20N4O2S/c1-9-12(10(2)18-13(9)11(3)20)14(21)16-6-8-22-15-17-5-7-19(15)4/h5,7,18H,6,8H2,1-4H3,(H,16,21). The van der Waals surface area contributed by atoms with Gasteiger partial charge >= 0.3 is 0 Å². The van der Waals surface area contributed by atoms with Crippen molar-refractivity contribution >= 4 is 23.5 Å². The summed E-state index contributed by atoms with van der Waals surface area (Å²) in [6.45, 7) is 5.62. The van der Waals surface area contributed by atoms with E-state index in [0.29, 0.717) is 23.4 Å². The SMILES string of the molecule is CC(=O)c1[nH]c(C)c(C(=O)NCCSc2nccn2C)c1C. The van der Waals surface area contributed by atoms with Gasteiger partial charge in [-0.2, -0.15) is 0 Å².